The summed E-state index contributed by atoms with van der Waals surface area (Å²) in [4.78, 5) is 19.2. The molecule has 0 amide bonds. The average molecular weight is 248 g/mol. The Bertz CT molecular complexity index is 237. The van der Waals surface area contributed by atoms with Gasteiger partial charge in [0.2, 0.25) is 0 Å². The van der Waals surface area contributed by atoms with Gasteiger partial charge in [-0.25, -0.2) is 13.6 Å². The van der Waals surface area contributed by atoms with Gasteiger partial charge in [-0.15, -0.1) is 0 Å². The molecule has 0 aromatic heterocycles. The lowest BCUT2D eigenvalue weighted by atomic mass is 10.1. The van der Waals surface area contributed by atoms with Gasteiger partial charge in [0.25, 0.3) is 6.43 Å². The molecule has 0 fully saturated rings. The van der Waals surface area contributed by atoms with Crippen molar-refractivity contribution < 1.29 is 37.4 Å². The summed E-state index contributed by atoms with van der Waals surface area (Å²) in [5.74, 6) is -8.59. The minimum Gasteiger partial charge on any atom is -0.481 e. The van der Waals surface area contributed by atoms with E-state index in [0.29, 0.717) is 6.92 Å². The lowest BCUT2D eigenvalue weighted by Gasteiger charge is -2.05. The van der Waals surface area contributed by atoms with Gasteiger partial charge in [0.1, 0.15) is 5.92 Å². The highest BCUT2D eigenvalue weighted by Gasteiger charge is 2.31. The third-order valence-corrected chi connectivity index (χ3v) is 1.44. The Hall–Kier alpha value is -1.34. The summed E-state index contributed by atoms with van der Waals surface area (Å²) in [7, 11) is 0. The third kappa shape index (κ3) is 8.01. The first-order chi connectivity index (χ1) is 7.03. The summed E-state index contributed by atoms with van der Waals surface area (Å²) in [5, 5.41) is 15.6. The lowest BCUT2D eigenvalue weighted by molar-refractivity contribution is -0.162. The molecule has 1 unspecified atom stereocenters. The first-order valence-corrected chi connectivity index (χ1v) is 4.16. The van der Waals surface area contributed by atoms with Gasteiger partial charge < -0.3 is 10.2 Å². The van der Waals surface area contributed by atoms with Crippen molar-refractivity contribution in [2.75, 3.05) is 0 Å². The third-order valence-electron chi connectivity index (χ3n) is 1.44. The Kier molecular flexibility index (Phi) is 7.49. The van der Waals surface area contributed by atoms with E-state index in [1.807, 2.05) is 0 Å². The summed E-state index contributed by atoms with van der Waals surface area (Å²) < 4.78 is 45.6. The van der Waals surface area contributed by atoms with Crippen LogP contribution in [0.5, 0.6) is 0 Å². The standard InChI is InChI=1S/C5H8F2O2.C3H4F2O2/c1-2-3(4(6)7)5(8)9;1-3(4,5)2(6)7/h3-4H,2H2,1H3,(H,8,9);1H3,(H,6,7). The van der Waals surface area contributed by atoms with Crippen molar-refractivity contribution in [2.24, 2.45) is 5.92 Å². The van der Waals surface area contributed by atoms with Gasteiger partial charge in [-0.1, -0.05) is 6.92 Å². The van der Waals surface area contributed by atoms with Crippen LogP contribution in [0.2, 0.25) is 0 Å². The van der Waals surface area contributed by atoms with Crippen LogP contribution in [0.1, 0.15) is 20.3 Å². The minimum absolute atomic E-state index is 0.0208. The number of alkyl halides is 4. The summed E-state index contributed by atoms with van der Waals surface area (Å²) in [6, 6.07) is 0. The van der Waals surface area contributed by atoms with Gasteiger partial charge in [-0.2, -0.15) is 8.78 Å². The molecule has 96 valence electrons. The second-order valence-electron chi connectivity index (χ2n) is 2.88. The highest BCUT2D eigenvalue weighted by Crippen LogP contribution is 2.12. The molecule has 16 heavy (non-hydrogen) atoms. The maximum absolute atomic E-state index is 11.6. The molecule has 0 radical (unpaired) electrons. The molecule has 0 heterocycles. The predicted octanol–water partition coefficient (Wildman–Crippen LogP) is 2.09. The zero-order chi connectivity index (χ0) is 13.5. The number of halogens is 4. The van der Waals surface area contributed by atoms with Crippen molar-refractivity contribution in [3.63, 3.8) is 0 Å². The Morgan fingerprint density at radius 1 is 1.25 bits per heavy atom. The fraction of sp³-hybridized carbons (Fsp3) is 0.750. The minimum atomic E-state index is -3.58. The van der Waals surface area contributed by atoms with Crippen LogP contribution in [0.3, 0.4) is 0 Å². The smallest absolute Gasteiger partial charge is 0.374 e. The molecule has 0 saturated carbocycles. The van der Waals surface area contributed by atoms with E-state index in [-0.39, 0.29) is 6.42 Å². The first kappa shape index (κ1) is 17.1. The molecule has 8 heteroatoms. The maximum Gasteiger partial charge on any atom is 0.374 e. The number of rotatable bonds is 4. The molecular weight excluding hydrogens is 236 g/mol. The molecule has 0 aromatic carbocycles. The van der Waals surface area contributed by atoms with Crippen LogP contribution in [0, 0.1) is 5.92 Å². The summed E-state index contributed by atoms with van der Waals surface area (Å²) in [6.45, 7) is 1.75. The molecule has 0 aromatic rings. The van der Waals surface area contributed by atoms with E-state index in [2.05, 4.69) is 0 Å². The molecule has 1 atom stereocenters. The van der Waals surface area contributed by atoms with Crippen molar-refractivity contribution >= 4 is 11.9 Å². The van der Waals surface area contributed by atoms with Gasteiger partial charge in [0, 0.05) is 6.92 Å². The number of hydrogen-bond donors (Lipinski definition) is 2. The largest absolute Gasteiger partial charge is 0.481 e. The highest BCUT2D eigenvalue weighted by atomic mass is 19.3. The number of hydrogen-bond acceptors (Lipinski definition) is 2. The van der Waals surface area contributed by atoms with Crippen molar-refractivity contribution in [3.8, 4) is 0 Å². The fourth-order valence-corrected chi connectivity index (χ4v) is 0.461. The molecule has 4 nitrogen and oxygen atoms in total. The molecule has 0 rings (SSSR count). The zero-order valence-electron chi connectivity index (χ0n) is 8.58. The average Bonchev–Trinajstić information content (AvgIpc) is 2.02. The van der Waals surface area contributed by atoms with E-state index in [9.17, 15) is 27.2 Å². The van der Waals surface area contributed by atoms with Gasteiger partial charge in [-0.05, 0) is 6.42 Å². The van der Waals surface area contributed by atoms with E-state index >= 15 is 0 Å². The Balaban J connectivity index is 0. The van der Waals surface area contributed by atoms with Crippen LogP contribution < -0.4 is 0 Å². The summed E-state index contributed by atoms with van der Waals surface area (Å²) in [6.07, 6.45) is -2.76. The molecule has 0 aliphatic carbocycles. The lowest BCUT2D eigenvalue weighted by Crippen LogP contribution is -2.22. The van der Waals surface area contributed by atoms with Gasteiger partial charge >= 0.3 is 17.9 Å². The molecule has 2 N–H and O–H groups in total. The second kappa shape index (κ2) is 7.02. The predicted molar refractivity (Wildman–Crippen MR) is 45.7 cm³/mol. The topological polar surface area (TPSA) is 74.6 Å². The van der Waals surface area contributed by atoms with Crippen LogP contribution in [-0.4, -0.2) is 34.5 Å². The van der Waals surface area contributed by atoms with Crippen LogP contribution in [-0.2, 0) is 9.59 Å². The number of carbonyl (C=O) groups is 2. The van der Waals surface area contributed by atoms with Gasteiger partial charge in [0.05, 0.1) is 0 Å². The van der Waals surface area contributed by atoms with Crippen molar-refractivity contribution in [1.29, 1.82) is 0 Å². The fourth-order valence-electron chi connectivity index (χ4n) is 0.461. The van der Waals surface area contributed by atoms with E-state index in [0.717, 1.165) is 0 Å². The number of carboxylic acids is 2. The van der Waals surface area contributed by atoms with Crippen LogP contribution >= 0.6 is 0 Å². The Morgan fingerprint density at radius 2 is 1.56 bits per heavy atom. The molecule has 0 aliphatic heterocycles. The first-order valence-electron chi connectivity index (χ1n) is 4.16. The highest BCUT2D eigenvalue weighted by molar-refractivity contribution is 5.74. The van der Waals surface area contributed by atoms with E-state index < -0.39 is 30.2 Å². The second-order valence-corrected chi connectivity index (χ2v) is 2.88. The molecule has 0 aliphatic rings. The zero-order valence-corrected chi connectivity index (χ0v) is 8.58. The normalized spacial score (nSPS) is 12.7. The molecule has 0 spiro atoms. The van der Waals surface area contributed by atoms with E-state index in [1.54, 1.807) is 0 Å². The van der Waals surface area contributed by atoms with Crippen LogP contribution in [0.15, 0.2) is 0 Å². The molecular formula is C8H12F4O4. The Labute approximate surface area is 88.9 Å². The van der Waals surface area contributed by atoms with Crippen molar-refractivity contribution in [2.45, 2.75) is 32.6 Å². The SMILES string of the molecule is CC(F)(F)C(=O)O.CCC(C(=O)O)C(F)F. The number of aliphatic carboxylic acids is 2. The summed E-state index contributed by atoms with van der Waals surface area (Å²) in [5.41, 5.74) is 0. The van der Waals surface area contributed by atoms with Crippen molar-refractivity contribution in [3.05, 3.63) is 0 Å². The number of carboxylic acid groups (broad SMARTS) is 2. The monoisotopic (exact) mass is 248 g/mol. The van der Waals surface area contributed by atoms with Crippen LogP contribution in [0.25, 0.3) is 0 Å². The van der Waals surface area contributed by atoms with E-state index in [1.165, 1.54) is 6.92 Å². The van der Waals surface area contributed by atoms with Crippen LogP contribution in [0.4, 0.5) is 17.6 Å². The maximum atomic E-state index is 11.6. The van der Waals surface area contributed by atoms with Crippen molar-refractivity contribution in [1.82, 2.24) is 0 Å². The van der Waals surface area contributed by atoms with Gasteiger partial charge in [-0.3, -0.25) is 4.79 Å². The molecule has 0 bridgehead atoms. The Morgan fingerprint density at radius 3 is 1.56 bits per heavy atom. The molecule has 0 saturated heterocycles. The van der Waals surface area contributed by atoms with E-state index in [4.69, 9.17) is 10.2 Å². The van der Waals surface area contributed by atoms with Gasteiger partial charge in [0.15, 0.2) is 0 Å². The quantitative estimate of drug-likeness (QED) is 0.747. The summed E-state index contributed by atoms with van der Waals surface area (Å²) >= 11 is 0.